The summed E-state index contributed by atoms with van der Waals surface area (Å²) < 4.78 is 0. The molecule has 1 heterocycles. The van der Waals surface area contributed by atoms with Crippen molar-refractivity contribution in [3.63, 3.8) is 0 Å². The average molecular weight is 213 g/mol. The van der Waals surface area contributed by atoms with E-state index in [1.165, 1.54) is 0 Å². The molecule has 4 heteroatoms. The zero-order chi connectivity index (χ0) is 10.6. The minimum Gasteiger partial charge on any atom is -0.314 e. The first kappa shape index (κ1) is 11.6. The fourth-order valence-corrected chi connectivity index (χ4v) is 1.70. The lowest BCUT2D eigenvalue weighted by molar-refractivity contribution is 0.374. The van der Waals surface area contributed by atoms with Crippen molar-refractivity contribution in [2.45, 2.75) is 32.4 Å². The molecular formula is C10H19N3S. The highest BCUT2D eigenvalue weighted by Crippen LogP contribution is 2.15. The number of nitrogens with zero attached hydrogens (tertiary/aromatic N) is 1. The summed E-state index contributed by atoms with van der Waals surface area (Å²) in [6.45, 7) is 7.43. The molecule has 0 amide bonds. The van der Waals surface area contributed by atoms with E-state index in [1.807, 2.05) is 18.6 Å². The first-order valence-electron chi connectivity index (χ1n) is 4.87. The normalized spacial score (nSPS) is 14.3. The van der Waals surface area contributed by atoms with Crippen molar-refractivity contribution in [1.29, 1.82) is 0 Å². The average Bonchev–Trinajstić information content (AvgIpc) is 2.67. The van der Waals surface area contributed by atoms with Crippen LogP contribution in [0.5, 0.6) is 0 Å². The van der Waals surface area contributed by atoms with Gasteiger partial charge in [-0.25, -0.2) is 4.98 Å². The topological polar surface area (TPSA) is 37.0 Å². The minimum absolute atomic E-state index is 0.130. The summed E-state index contributed by atoms with van der Waals surface area (Å²) in [7, 11) is 1.98. The fourth-order valence-electron chi connectivity index (χ4n) is 1.03. The van der Waals surface area contributed by atoms with E-state index in [-0.39, 0.29) is 5.54 Å². The molecule has 3 nitrogen and oxygen atoms in total. The zero-order valence-corrected chi connectivity index (χ0v) is 10.1. The highest BCUT2D eigenvalue weighted by atomic mass is 32.1. The van der Waals surface area contributed by atoms with E-state index in [2.05, 4.69) is 36.4 Å². The Hall–Kier alpha value is -0.450. The third-order valence-electron chi connectivity index (χ3n) is 2.35. The Morgan fingerprint density at radius 1 is 1.57 bits per heavy atom. The second kappa shape index (κ2) is 4.87. The van der Waals surface area contributed by atoms with Gasteiger partial charge in [-0.05, 0) is 27.8 Å². The summed E-state index contributed by atoms with van der Waals surface area (Å²) in [6.07, 6.45) is 1.85. The first-order valence-corrected chi connectivity index (χ1v) is 5.75. The predicted molar refractivity (Wildman–Crippen MR) is 61.7 cm³/mol. The van der Waals surface area contributed by atoms with Crippen molar-refractivity contribution in [2.75, 3.05) is 13.6 Å². The van der Waals surface area contributed by atoms with Gasteiger partial charge in [0.15, 0.2) is 0 Å². The molecular weight excluding hydrogens is 194 g/mol. The summed E-state index contributed by atoms with van der Waals surface area (Å²) in [4.78, 5) is 4.28. The van der Waals surface area contributed by atoms with Gasteiger partial charge in [0, 0.05) is 23.7 Å². The van der Waals surface area contributed by atoms with Gasteiger partial charge >= 0.3 is 0 Å². The maximum absolute atomic E-state index is 4.28. The van der Waals surface area contributed by atoms with Gasteiger partial charge in [0.1, 0.15) is 5.01 Å². The summed E-state index contributed by atoms with van der Waals surface area (Å²) >= 11 is 1.70. The molecule has 0 bridgehead atoms. The number of hydrogen-bond donors (Lipinski definition) is 2. The number of hydrogen-bond acceptors (Lipinski definition) is 4. The van der Waals surface area contributed by atoms with Gasteiger partial charge in [-0.2, -0.15) is 0 Å². The summed E-state index contributed by atoms with van der Waals surface area (Å²) in [6, 6.07) is 0.336. The molecule has 0 radical (unpaired) electrons. The van der Waals surface area contributed by atoms with Gasteiger partial charge in [-0.15, -0.1) is 11.3 Å². The monoisotopic (exact) mass is 213 g/mol. The third kappa shape index (κ3) is 3.36. The molecule has 1 atom stereocenters. The molecule has 0 saturated heterocycles. The molecule has 14 heavy (non-hydrogen) atoms. The lowest BCUT2D eigenvalue weighted by atomic mass is 10.1. The van der Waals surface area contributed by atoms with Gasteiger partial charge in [-0.1, -0.05) is 0 Å². The van der Waals surface area contributed by atoms with Crippen LogP contribution in [0.2, 0.25) is 0 Å². The van der Waals surface area contributed by atoms with Crippen LogP contribution in [0.3, 0.4) is 0 Å². The van der Waals surface area contributed by atoms with E-state index >= 15 is 0 Å². The molecule has 0 fully saturated rings. The fraction of sp³-hybridized carbons (Fsp3) is 0.700. The molecule has 0 aliphatic rings. The third-order valence-corrected chi connectivity index (χ3v) is 3.31. The van der Waals surface area contributed by atoms with Crippen molar-refractivity contribution in [3.8, 4) is 0 Å². The van der Waals surface area contributed by atoms with Crippen LogP contribution >= 0.6 is 11.3 Å². The molecule has 1 aromatic rings. The first-order chi connectivity index (χ1) is 6.55. The van der Waals surface area contributed by atoms with E-state index in [0.717, 1.165) is 11.6 Å². The Morgan fingerprint density at radius 2 is 2.29 bits per heavy atom. The molecule has 0 saturated carbocycles. The van der Waals surface area contributed by atoms with Gasteiger partial charge < -0.3 is 10.6 Å². The second-order valence-corrected chi connectivity index (χ2v) is 5.03. The SMILES string of the molecule is CNC(C)(C)CNC(C)c1nccs1. The number of aromatic nitrogens is 1. The minimum atomic E-state index is 0.130. The molecule has 80 valence electrons. The Labute approximate surface area is 89.9 Å². The van der Waals surface area contributed by atoms with Crippen molar-refractivity contribution in [1.82, 2.24) is 15.6 Å². The van der Waals surface area contributed by atoms with Gasteiger partial charge in [0.05, 0.1) is 6.04 Å². The van der Waals surface area contributed by atoms with E-state index in [0.29, 0.717) is 6.04 Å². The lowest BCUT2D eigenvalue weighted by Gasteiger charge is -2.26. The molecule has 1 aromatic heterocycles. The van der Waals surface area contributed by atoms with Crippen molar-refractivity contribution in [3.05, 3.63) is 16.6 Å². The largest absolute Gasteiger partial charge is 0.314 e. The molecule has 0 spiro atoms. The van der Waals surface area contributed by atoms with Gasteiger partial charge in [0.25, 0.3) is 0 Å². The van der Waals surface area contributed by atoms with Gasteiger partial charge in [0.2, 0.25) is 0 Å². The molecule has 0 aliphatic heterocycles. The number of likely N-dealkylation sites (N-methyl/N-ethyl adjacent to an activating group) is 1. The Balaban J connectivity index is 2.39. The van der Waals surface area contributed by atoms with Crippen LogP contribution in [0.15, 0.2) is 11.6 Å². The van der Waals surface area contributed by atoms with Crippen LogP contribution in [-0.4, -0.2) is 24.1 Å². The van der Waals surface area contributed by atoms with E-state index in [4.69, 9.17) is 0 Å². The summed E-state index contributed by atoms with van der Waals surface area (Å²) in [5.41, 5.74) is 0.130. The van der Waals surface area contributed by atoms with Crippen LogP contribution < -0.4 is 10.6 Å². The van der Waals surface area contributed by atoms with Crippen molar-refractivity contribution < 1.29 is 0 Å². The van der Waals surface area contributed by atoms with Crippen LogP contribution in [-0.2, 0) is 0 Å². The van der Waals surface area contributed by atoms with Crippen LogP contribution in [0.1, 0.15) is 31.8 Å². The maximum atomic E-state index is 4.28. The summed E-state index contributed by atoms with van der Waals surface area (Å²) in [5, 5.41) is 9.88. The van der Waals surface area contributed by atoms with Crippen molar-refractivity contribution >= 4 is 11.3 Å². The standard InChI is InChI=1S/C10H19N3S/c1-8(9-12-5-6-14-9)13-7-10(2,3)11-4/h5-6,8,11,13H,7H2,1-4H3. The smallest absolute Gasteiger partial charge is 0.109 e. The number of nitrogens with one attached hydrogen (secondary N) is 2. The summed E-state index contributed by atoms with van der Waals surface area (Å²) in [5.74, 6) is 0. The van der Waals surface area contributed by atoms with Crippen LogP contribution in [0.4, 0.5) is 0 Å². The molecule has 1 rings (SSSR count). The number of thiazole rings is 1. The molecule has 0 aliphatic carbocycles. The molecule has 0 aromatic carbocycles. The van der Waals surface area contributed by atoms with Crippen LogP contribution in [0, 0.1) is 0 Å². The molecule has 1 unspecified atom stereocenters. The van der Waals surface area contributed by atoms with Crippen molar-refractivity contribution in [2.24, 2.45) is 0 Å². The Kier molecular flexibility index (Phi) is 4.04. The molecule has 2 N–H and O–H groups in total. The Bertz CT molecular complexity index is 256. The van der Waals surface area contributed by atoms with E-state index < -0.39 is 0 Å². The zero-order valence-electron chi connectivity index (χ0n) is 9.29. The van der Waals surface area contributed by atoms with Gasteiger partial charge in [-0.3, -0.25) is 0 Å². The van der Waals surface area contributed by atoms with Crippen LogP contribution in [0.25, 0.3) is 0 Å². The maximum Gasteiger partial charge on any atom is 0.109 e. The second-order valence-electron chi connectivity index (χ2n) is 4.11. The highest BCUT2D eigenvalue weighted by Gasteiger charge is 2.16. The number of rotatable bonds is 5. The lowest BCUT2D eigenvalue weighted by Crippen LogP contribution is -2.46. The quantitative estimate of drug-likeness (QED) is 0.783. The van der Waals surface area contributed by atoms with E-state index in [9.17, 15) is 0 Å². The highest BCUT2D eigenvalue weighted by molar-refractivity contribution is 7.09. The van der Waals surface area contributed by atoms with E-state index in [1.54, 1.807) is 11.3 Å². The predicted octanol–water partition coefficient (Wildman–Crippen LogP) is 1.79. The Morgan fingerprint density at radius 3 is 2.79 bits per heavy atom.